The number of halogens is 1. The summed E-state index contributed by atoms with van der Waals surface area (Å²) < 4.78 is 29.0. The number of aryl methyl sites for hydroxylation is 3. The van der Waals surface area contributed by atoms with Crippen LogP contribution in [0.3, 0.4) is 0 Å². The van der Waals surface area contributed by atoms with Crippen molar-refractivity contribution < 1.29 is 18.0 Å². The molecule has 3 aromatic rings. The molecule has 9 heteroatoms. The minimum absolute atomic E-state index is 0.0547. The SMILES string of the molecule is CCCNC(=O)[C@@H](C)N(Cc1ccc(C)cc1)C(=O)CN(c1cc(Cl)ccc1C)S(=O)(=O)c1ccc(C)cc1. The lowest BCUT2D eigenvalue weighted by Gasteiger charge is -2.32. The molecule has 0 saturated carbocycles. The summed E-state index contributed by atoms with van der Waals surface area (Å²) in [6, 6.07) is 18.2. The van der Waals surface area contributed by atoms with Gasteiger partial charge in [-0.05, 0) is 69.5 Å². The first-order valence-electron chi connectivity index (χ1n) is 12.9. The molecular formula is C30H36ClN3O4S. The van der Waals surface area contributed by atoms with Crippen LogP contribution in [0, 0.1) is 20.8 Å². The summed E-state index contributed by atoms with van der Waals surface area (Å²) in [4.78, 5) is 28.4. The van der Waals surface area contributed by atoms with Gasteiger partial charge in [0, 0.05) is 18.1 Å². The first-order chi connectivity index (χ1) is 18.4. The molecule has 7 nitrogen and oxygen atoms in total. The Morgan fingerprint density at radius 3 is 2.10 bits per heavy atom. The topological polar surface area (TPSA) is 86.8 Å². The molecule has 0 unspecified atom stereocenters. The summed E-state index contributed by atoms with van der Waals surface area (Å²) in [7, 11) is -4.15. The zero-order chi connectivity index (χ0) is 28.7. The molecule has 0 spiro atoms. The lowest BCUT2D eigenvalue weighted by atomic mass is 10.1. The molecule has 208 valence electrons. The van der Waals surface area contributed by atoms with Crippen LogP contribution >= 0.6 is 11.6 Å². The van der Waals surface area contributed by atoms with E-state index in [1.807, 2.05) is 45.0 Å². The van der Waals surface area contributed by atoms with E-state index >= 15 is 0 Å². The third kappa shape index (κ3) is 7.61. The molecule has 0 aliphatic heterocycles. The quantitative estimate of drug-likeness (QED) is 0.335. The summed E-state index contributed by atoms with van der Waals surface area (Å²) in [6.07, 6.45) is 0.751. The van der Waals surface area contributed by atoms with Gasteiger partial charge in [-0.15, -0.1) is 0 Å². The molecular weight excluding hydrogens is 534 g/mol. The molecule has 1 atom stereocenters. The molecule has 1 N–H and O–H groups in total. The van der Waals surface area contributed by atoms with E-state index in [1.165, 1.54) is 23.1 Å². The highest BCUT2D eigenvalue weighted by atomic mass is 35.5. The minimum atomic E-state index is -4.15. The Balaban J connectivity index is 2.05. The van der Waals surface area contributed by atoms with Crippen LogP contribution in [-0.4, -0.2) is 44.3 Å². The Kier molecular flexibility index (Phi) is 10.2. The Bertz CT molecular complexity index is 1410. The summed E-state index contributed by atoms with van der Waals surface area (Å²) in [5, 5.41) is 3.19. The number of hydrogen-bond acceptors (Lipinski definition) is 4. The van der Waals surface area contributed by atoms with Gasteiger partial charge in [0.2, 0.25) is 11.8 Å². The summed E-state index contributed by atoms with van der Waals surface area (Å²) in [5.74, 6) is -0.811. The maximum atomic E-state index is 14.0. The fourth-order valence-electron chi connectivity index (χ4n) is 4.07. The number of hydrogen-bond donors (Lipinski definition) is 1. The molecule has 0 saturated heterocycles. The van der Waals surface area contributed by atoms with E-state index < -0.39 is 28.5 Å². The fourth-order valence-corrected chi connectivity index (χ4v) is 5.71. The molecule has 39 heavy (non-hydrogen) atoms. The molecule has 0 aromatic heterocycles. The zero-order valence-electron chi connectivity index (χ0n) is 23.1. The smallest absolute Gasteiger partial charge is 0.264 e. The molecule has 0 radical (unpaired) electrons. The number of carbonyl (C=O) groups excluding carboxylic acids is 2. The molecule has 0 aliphatic carbocycles. The predicted octanol–water partition coefficient (Wildman–Crippen LogP) is 5.40. The van der Waals surface area contributed by atoms with Gasteiger partial charge in [0.25, 0.3) is 10.0 Å². The molecule has 0 heterocycles. The van der Waals surface area contributed by atoms with Crippen molar-refractivity contribution in [3.63, 3.8) is 0 Å². The van der Waals surface area contributed by atoms with Crippen molar-refractivity contribution in [2.75, 3.05) is 17.4 Å². The van der Waals surface area contributed by atoms with Crippen molar-refractivity contribution in [1.29, 1.82) is 0 Å². The average molecular weight is 570 g/mol. The standard InChI is InChI=1S/C30H36ClN3O4S/c1-6-17-32-30(36)24(5)33(19-25-12-7-21(2)8-13-25)29(35)20-34(28-18-26(31)14-11-23(28)4)39(37,38)27-15-9-22(3)10-16-27/h7-16,18,24H,6,17,19-20H2,1-5H3,(H,32,36)/t24-/m1/s1. The lowest BCUT2D eigenvalue weighted by Crippen LogP contribution is -2.51. The highest BCUT2D eigenvalue weighted by molar-refractivity contribution is 7.92. The maximum Gasteiger partial charge on any atom is 0.264 e. The minimum Gasteiger partial charge on any atom is -0.354 e. The number of rotatable bonds is 11. The first-order valence-corrected chi connectivity index (χ1v) is 14.7. The predicted molar refractivity (Wildman–Crippen MR) is 156 cm³/mol. The van der Waals surface area contributed by atoms with Crippen LogP contribution in [0.1, 0.15) is 42.5 Å². The van der Waals surface area contributed by atoms with E-state index in [0.29, 0.717) is 22.8 Å². The van der Waals surface area contributed by atoms with Crippen molar-refractivity contribution in [2.24, 2.45) is 0 Å². The average Bonchev–Trinajstić information content (AvgIpc) is 2.91. The number of nitrogens with one attached hydrogen (secondary N) is 1. The van der Waals surface area contributed by atoms with E-state index in [4.69, 9.17) is 11.6 Å². The number of nitrogens with zero attached hydrogens (tertiary/aromatic N) is 2. The van der Waals surface area contributed by atoms with Gasteiger partial charge in [0.1, 0.15) is 12.6 Å². The van der Waals surface area contributed by atoms with E-state index in [9.17, 15) is 18.0 Å². The number of amides is 2. The fraction of sp³-hybridized carbons (Fsp3) is 0.333. The Morgan fingerprint density at radius 2 is 1.51 bits per heavy atom. The highest BCUT2D eigenvalue weighted by Crippen LogP contribution is 2.30. The van der Waals surface area contributed by atoms with Crippen molar-refractivity contribution in [2.45, 2.75) is 58.5 Å². The van der Waals surface area contributed by atoms with Gasteiger partial charge in [-0.2, -0.15) is 0 Å². The van der Waals surface area contributed by atoms with Crippen LogP contribution in [0.15, 0.2) is 71.6 Å². The van der Waals surface area contributed by atoms with Gasteiger partial charge in [0.15, 0.2) is 0 Å². The summed E-state index contributed by atoms with van der Waals surface area (Å²) in [6.45, 7) is 9.31. The van der Waals surface area contributed by atoms with Gasteiger partial charge in [-0.25, -0.2) is 8.42 Å². The highest BCUT2D eigenvalue weighted by Gasteiger charge is 2.33. The maximum absolute atomic E-state index is 14.0. The molecule has 0 bridgehead atoms. The van der Waals surface area contributed by atoms with Crippen LogP contribution in [0.4, 0.5) is 5.69 Å². The monoisotopic (exact) mass is 569 g/mol. The van der Waals surface area contributed by atoms with Crippen LogP contribution in [0.25, 0.3) is 0 Å². The van der Waals surface area contributed by atoms with Crippen molar-refractivity contribution >= 4 is 39.1 Å². The van der Waals surface area contributed by atoms with Gasteiger partial charge < -0.3 is 10.2 Å². The van der Waals surface area contributed by atoms with Gasteiger partial charge in [-0.1, -0.05) is 72.1 Å². The van der Waals surface area contributed by atoms with Gasteiger partial charge >= 0.3 is 0 Å². The van der Waals surface area contributed by atoms with E-state index in [2.05, 4.69) is 5.32 Å². The molecule has 2 amide bonds. The van der Waals surface area contributed by atoms with Crippen molar-refractivity contribution in [1.82, 2.24) is 10.2 Å². The van der Waals surface area contributed by atoms with Gasteiger partial charge in [0.05, 0.1) is 10.6 Å². The van der Waals surface area contributed by atoms with E-state index in [1.54, 1.807) is 38.1 Å². The molecule has 3 aromatic carbocycles. The van der Waals surface area contributed by atoms with Gasteiger partial charge in [-0.3, -0.25) is 13.9 Å². The van der Waals surface area contributed by atoms with E-state index in [-0.39, 0.29) is 17.3 Å². The Labute approximate surface area is 236 Å². The van der Waals surface area contributed by atoms with E-state index in [0.717, 1.165) is 27.4 Å². The summed E-state index contributed by atoms with van der Waals surface area (Å²) >= 11 is 6.27. The molecule has 0 fully saturated rings. The molecule has 0 aliphatic rings. The number of carbonyl (C=O) groups is 2. The third-order valence-corrected chi connectivity index (χ3v) is 8.53. The second-order valence-corrected chi connectivity index (χ2v) is 12.0. The number of anilines is 1. The number of sulfonamides is 1. The largest absolute Gasteiger partial charge is 0.354 e. The molecule has 3 rings (SSSR count). The van der Waals surface area contributed by atoms with Crippen molar-refractivity contribution in [3.8, 4) is 0 Å². The third-order valence-electron chi connectivity index (χ3n) is 6.52. The second-order valence-electron chi connectivity index (χ2n) is 9.73. The van der Waals surface area contributed by atoms with Crippen LogP contribution < -0.4 is 9.62 Å². The first kappa shape index (κ1) is 30.2. The van der Waals surface area contributed by atoms with Crippen LogP contribution in [-0.2, 0) is 26.2 Å². The summed E-state index contributed by atoms with van der Waals surface area (Å²) in [5.41, 5.74) is 3.75. The Hall–Kier alpha value is -3.36. The van der Waals surface area contributed by atoms with Crippen molar-refractivity contribution in [3.05, 3.63) is 94.0 Å². The second kappa shape index (κ2) is 13.1. The number of benzene rings is 3. The van der Waals surface area contributed by atoms with Crippen LogP contribution in [0.5, 0.6) is 0 Å². The lowest BCUT2D eigenvalue weighted by molar-refractivity contribution is -0.139. The normalized spacial score (nSPS) is 12.1. The zero-order valence-corrected chi connectivity index (χ0v) is 24.6. The Morgan fingerprint density at radius 1 is 0.923 bits per heavy atom. The van der Waals surface area contributed by atoms with Crippen LogP contribution in [0.2, 0.25) is 5.02 Å².